The lowest BCUT2D eigenvalue weighted by Gasteiger charge is -2.59. The second kappa shape index (κ2) is 6.09. The van der Waals surface area contributed by atoms with Crippen molar-refractivity contribution in [2.75, 3.05) is 0 Å². The average Bonchev–Trinajstić information content (AvgIpc) is 2.42. The summed E-state index contributed by atoms with van der Waals surface area (Å²) in [6, 6.07) is 0. The molecule has 0 aliphatic heterocycles. The highest BCUT2D eigenvalue weighted by molar-refractivity contribution is 9.09. The number of allylic oxidation sites excluding steroid dienone is 1. The van der Waals surface area contributed by atoms with Gasteiger partial charge in [-0.25, -0.2) is 0 Å². The molecule has 1 nitrogen and oxygen atoms in total. The highest BCUT2D eigenvalue weighted by atomic mass is 79.9. The van der Waals surface area contributed by atoms with Crippen LogP contribution in [-0.4, -0.2) is 15.5 Å². The van der Waals surface area contributed by atoms with Gasteiger partial charge < -0.3 is 5.11 Å². The summed E-state index contributed by atoms with van der Waals surface area (Å²) in [6.07, 6.45) is 8.38. The molecule has 0 aromatic rings. The number of hydrogen-bond acceptors (Lipinski definition) is 1. The van der Waals surface area contributed by atoms with Crippen LogP contribution in [0.4, 0.5) is 0 Å². The van der Waals surface area contributed by atoms with Crippen molar-refractivity contribution in [2.24, 2.45) is 22.7 Å². The summed E-state index contributed by atoms with van der Waals surface area (Å²) in [5, 5.41) is 10.3. The number of alkyl halides is 1. The average molecular weight is 369 g/mol. The first-order chi connectivity index (χ1) is 10.0. The Kier molecular flexibility index (Phi) is 5.06. The number of hydrogen-bond donors (Lipinski definition) is 1. The molecular formula is C20H33BrO. The molecule has 0 saturated heterocycles. The third-order valence-electron chi connectivity index (χ3n) is 6.86. The first-order valence-corrected chi connectivity index (χ1v) is 9.64. The second-order valence-electron chi connectivity index (χ2n) is 8.74. The molecule has 0 bridgehead atoms. The standard InChI is InChI=1S/C20H33BrO/c1-7-19(5,22)12-10-15-14(2)8-9-16-18(3,4)17(21)11-13-20(15,16)6/h7,15-17,22H,1-2,8-13H2,3-6H3/t15-,16-,17-,19-,20+/m1/s1. The van der Waals surface area contributed by atoms with Crippen LogP contribution < -0.4 is 0 Å². The Balaban J connectivity index is 2.25. The molecular weight excluding hydrogens is 336 g/mol. The van der Waals surface area contributed by atoms with Crippen LogP contribution in [0.15, 0.2) is 24.8 Å². The predicted octanol–water partition coefficient (Wildman–Crippen LogP) is 5.88. The van der Waals surface area contributed by atoms with Gasteiger partial charge in [0.15, 0.2) is 0 Å². The molecule has 2 aliphatic carbocycles. The van der Waals surface area contributed by atoms with E-state index in [0.717, 1.165) is 25.2 Å². The first kappa shape index (κ1) is 18.3. The van der Waals surface area contributed by atoms with Crippen molar-refractivity contribution >= 4 is 15.9 Å². The van der Waals surface area contributed by atoms with E-state index in [2.05, 4.69) is 49.9 Å². The molecule has 0 radical (unpaired) electrons. The van der Waals surface area contributed by atoms with E-state index in [1.54, 1.807) is 6.08 Å². The molecule has 2 fully saturated rings. The Bertz CT molecular complexity index is 451. The quantitative estimate of drug-likeness (QED) is 0.485. The lowest BCUT2D eigenvalue weighted by molar-refractivity contribution is -0.0531. The van der Waals surface area contributed by atoms with Gasteiger partial charge in [0.1, 0.15) is 0 Å². The third kappa shape index (κ3) is 3.11. The van der Waals surface area contributed by atoms with Crippen molar-refractivity contribution < 1.29 is 5.11 Å². The molecule has 1 N–H and O–H groups in total. The molecule has 5 atom stereocenters. The zero-order valence-electron chi connectivity index (χ0n) is 14.8. The fraction of sp³-hybridized carbons (Fsp3) is 0.800. The normalized spacial score (nSPS) is 40.6. The molecule has 0 aromatic carbocycles. The topological polar surface area (TPSA) is 20.2 Å². The summed E-state index contributed by atoms with van der Waals surface area (Å²) in [6.45, 7) is 17.4. The Morgan fingerprint density at radius 3 is 2.59 bits per heavy atom. The van der Waals surface area contributed by atoms with E-state index in [9.17, 15) is 5.11 Å². The highest BCUT2D eigenvalue weighted by Gasteiger charge is 2.55. The van der Waals surface area contributed by atoms with Gasteiger partial charge in [0.25, 0.3) is 0 Å². The Morgan fingerprint density at radius 1 is 1.36 bits per heavy atom. The van der Waals surface area contributed by atoms with Crippen LogP contribution in [0.1, 0.15) is 66.2 Å². The SMILES string of the molecule is C=C[C@@](C)(O)CC[C@@H]1C(=C)CC[C@@H]2C(C)(C)[C@H](Br)CC[C@@]12C. The summed E-state index contributed by atoms with van der Waals surface area (Å²) in [5.74, 6) is 1.25. The predicted molar refractivity (Wildman–Crippen MR) is 99.2 cm³/mol. The Hall–Kier alpha value is -0.0800. The van der Waals surface area contributed by atoms with Gasteiger partial charge in [-0.2, -0.15) is 0 Å². The van der Waals surface area contributed by atoms with E-state index in [0.29, 0.717) is 21.6 Å². The zero-order chi connectivity index (χ0) is 16.8. The van der Waals surface area contributed by atoms with Crippen molar-refractivity contribution in [1.82, 2.24) is 0 Å². The monoisotopic (exact) mass is 368 g/mol. The van der Waals surface area contributed by atoms with Crippen LogP contribution in [0.3, 0.4) is 0 Å². The minimum absolute atomic E-state index is 0.320. The minimum atomic E-state index is -0.758. The van der Waals surface area contributed by atoms with Gasteiger partial charge in [-0.3, -0.25) is 0 Å². The van der Waals surface area contributed by atoms with E-state index in [1.807, 2.05) is 6.92 Å². The lowest BCUT2D eigenvalue weighted by atomic mass is 9.47. The van der Waals surface area contributed by atoms with Crippen LogP contribution >= 0.6 is 15.9 Å². The molecule has 0 aromatic heterocycles. The van der Waals surface area contributed by atoms with E-state index in [4.69, 9.17) is 0 Å². The molecule has 2 rings (SSSR count). The molecule has 2 heteroatoms. The summed E-state index contributed by atoms with van der Waals surface area (Å²) in [4.78, 5) is 0.612. The largest absolute Gasteiger partial charge is 0.386 e. The molecule has 0 unspecified atom stereocenters. The van der Waals surface area contributed by atoms with Gasteiger partial charge in [-0.05, 0) is 68.1 Å². The number of fused-ring (bicyclic) bond motifs is 1. The van der Waals surface area contributed by atoms with E-state index in [1.165, 1.54) is 24.8 Å². The third-order valence-corrected chi connectivity index (χ3v) is 8.50. The molecule has 2 saturated carbocycles. The van der Waals surface area contributed by atoms with Crippen LogP contribution in [0.25, 0.3) is 0 Å². The lowest BCUT2D eigenvalue weighted by Crippen LogP contribution is -2.53. The Morgan fingerprint density at radius 2 is 2.00 bits per heavy atom. The molecule has 2 aliphatic rings. The second-order valence-corrected chi connectivity index (χ2v) is 9.84. The minimum Gasteiger partial charge on any atom is -0.386 e. The first-order valence-electron chi connectivity index (χ1n) is 8.72. The fourth-order valence-corrected chi connectivity index (χ4v) is 5.76. The fourth-order valence-electron chi connectivity index (χ4n) is 5.21. The summed E-state index contributed by atoms with van der Waals surface area (Å²) < 4.78 is 0. The molecule has 126 valence electrons. The summed E-state index contributed by atoms with van der Waals surface area (Å²) >= 11 is 3.94. The number of rotatable bonds is 4. The Labute approximate surface area is 145 Å². The highest BCUT2D eigenvalue weighted by Crippen LogP contribution is 2.63. The maximum atomic E-state index is 10.3. The van der Waals surface area contributed by atoms with Crippen molar-refractivity contribution in [2.45, 2.75) is 76.6 Å². The van der Waals surface area contributed by atoms with Crippen molar-refractivity contribution in [3.63, 3.8) is 0 Å². The van der Waals surface area contributed by atoms with E-state index >= 15 is 0 Å². The zero-order valence-corrected chi connectivity index (χ0v) is 16.4. The van der Waals surface area contributed by atoms with Gasteiger partial charge in [-0.1, -0.05) is 54.9 Å². The van der Waals surface area contributed by atoms with Crippen LogP contribution in [-0.2, 0) is 0 Å². The maximum Gasteiger partial charge on any atom is 0.0797 e. The van der Waals surface area contributed by atoms with Crippen LogP contribution in [0.5, 0.6) is 0 Å². The van der Waals surface area contributed by atoms with Gasteiger partial charge in [0.05, 0.1) is 5.60 Å². The smallest absolute Gasteiger partial charge is 0.0797 e. The van der Waals surface area contributed by atoms with Gasteiger partial charge in [0, 0.05) is 4.83 Å². The number of aliphatic hydroxyl groups is 1. The molecule has 22 heavy (non-hydrogen) atoms. The molecule has 0 spiro atoms. The van der Waals surface area contributed by atoms with Crippen molar-refractivity contribution in [3.05, 3.63) is 24.8 Å². The van der Waals surface area contributed by atoms with Gasteiger partial charge in [0.2, 0.25) is 0 Å². The van der Waals surface area contributed by atoms with Crippen LogP contribution in [0, 0.1) is 22.7 Å². The van der Waals surface area contributed by atoms with Gasteiger partial charge in [-0.15, -0.1) is 6.58 Å². The number of halogens is 1. The van der Waals surface area contributed by atoms with Gasteiger partial charge >= 0.3 is 0 Å². The van der Waals surface area contributed by atoms with Crippen molar-refractivity contribution in [3.8, 4) is 0 Å². The maximum absolute atomic E-state index is 10.3. The van der Waals surface area contributed by atoms with E-state index in [-0.39, 0.29) is 0 Å². The van der Waals surface area contributed by atoms with Crippen LogP contribution in [0.2, 0.25) is 0 Å². The summed E-state index contributed by atoms with van der Waals surface area (Å²) in [7, 11) is 0. The van der Waals surface area contributed by atoms with Crippen molar-refractivity contribution in [1.29, 1.82) is 0 Å². The van der Waals surface area contributed by atoms with E-state index < -0.39 is 5.60 Å². The molecule has 0 heterocycles. The molecule has 0 amide bonds. The summed E-state index contributed by atoms with van der Waals surface area (Å²) in [5.41, 5.74) is 1.29.